The minimum Gasteiger partial charge on any atom is -0.324 e. The molecule has 1 aliphatic rings. The van der Waals surface area contributed by atoms with Crippen molar-refractivity contribution in [2.45, 2.75) is 11.7 Å². The maximum Gasteiger partial charge on any atom is 0.247 e. The number of hydrogen-bond acceptors (Lipinski definition) is 6. The smallest absolute Gasteiger partial charge is 0.247 e. The van der Waals surface area contributed by atoms with Crippen molar-refractivity contribution < 1.29 is 14.4 Å². The van der Waals surface area contributed by atoms with E-state index in [1.165, 1.54) is 4.90 Å². The van der Waals surface area contributed by atoms with Gasteiger partial charge < -0.3 is 5.32 Å². The van der Waals surface area contributed by atoms with Crippen molar-refractivity contribution >= 4 is 40.9 Å². The molecule has 29 heavy (non-hydrogen) atoms. The molecule has 3 aromatic rings. The van der Waals surface area contributed by atoms with E-state index >= 15 is 0 Å². The van der Waals surface area contributed by atoms with Gasteiger partial charge in [-0.2, -0.15) is 5.10 Å². The highest BCUT2D eigenvalue weighted by atomic mass is 32.2. The Labute approximate surface area is 170 Å². The molecule has 0 aliphatic carbocycles. The van der Waals surface area contributed by atoms with Crippen LogP contribution in [0, 0.1) is 0 Å². The summed E-state index contributed by atoms with van der Waals surface area (Å²) in [5.41, 5.74) is 1.10. The Kier molecular flexibility index (Phi) is 5.39. The number of amides is 3. The maximum atomic E-state index is 12.6. The van der Waals surface area contributed by atoms with Gasteiger partial charge in [-0.05, 0) is 30.3 Å². The number of pyridine rings is 1. The van der Waals surface area contributed by atoms with Gasteiger partial charge in [0.05, 0.1) is 28.6 Å². The normalized spacial score (nSPS) is 16.3. The first-order valence-corrected chi connectivity index (χ1v) is 9.96. The van der Waals surface area contributed by atoms with Crippen LogP contribution in [0.25, 0.3) is 5.82 Å². The number of thioether (sulfide) groups is 1. The van der Waals surface area contributed by atoms with Crippen LogP contribution < -0.4 is 10.2 Å². The van der Waals surface area contributed by atoms with Crippen molar-refractivity contribution in [1.29, 1.82) is 0 Å². The molecule has 1 N–H and O–H groups in total. The molecule has 1 aromatic carbocycles. The molecule has 1 aliphatic heterocycles. The summed E-state index contributed by atoms with van der Waals surface area (Å²) in [6, 6.07) is 14.1. The topological polar surface area (TPSA) is 97.2 Å². The second kappa shape index (κ2) is 8.27. The summed E-state index contributed by atoms with van der Waals surface area (Å²) in [5.74, 6) is -0.102. The van der Waals surface area contributed by atoms with Crippen molar-refractivity contribution in [3.8, 4) is 5.82 Å². The van der Waals surface area contributed by atoms with E-state index in [2.05, 4.69) is 15.4 Å². The lowest BCUT2D eigenvalue weighted by Crippen LogP contribution is -2.31. The molecule has 3 amide bonds. The van der Waals surface area contributed by atoms with Crippen LogP contribution >= 0.6 is 11.8 Å². The number of nitrogens with one attached hydrogen (secondary N) is 1. The first-order valence-electron chi connectivity index (χ1n) is 8.91. The Morgan fingerprint density at radius 3 is 2.66 bits per heavy atom. The third-order valence-electron chi connectivity index (χ3n) is 4.31. The fraction of sp³-hybridized carbons (Fsp3) is 0.150. The molecule has 0 bridgehead atoms. The zero-order chi connectivity index (χ0) is 20.2. The predicted octanol–water partition coefficient (Wildman–Crippen LogP) is 2.27. The van der Waals surface area contributed by atoms with Gasteiger partial charge in [-0.15, -0.1) is 11.8 Å². The number of rotatable bonds is 6. The van der Waals surface area contributed by atoms with Gasteiger partial charge in [-0.25, -0.2) is 14.6 Å². The third-order valence-corrected chi connectivity index (χ3v) is 5.51. The highest BCUT2D eigenvalue weighted by Crippen LogP contribution is 2.29. The number of anilines is 2. The molecule has 8 nitrogen and oxygen atoms in total. The molecular formula is C20H17N5O3S. The SMILES string of the molecule is O=C(CS[C@@H]1CC(=O)N(c2ccccc2)C1=O)Nc1ccc(-n2cccn2)nc1. The van der Waals surface area contributed by atoms with E-state index in [9.17, 15) is 14.4 Å². The van der Waals surface area contributed by atoms with E-state index in [1.54, 1.807) is 65.7 Å². The number of carbonyl (C=O) groups is 3. The first kappa shape index (κ1) is 18.9. The van der Waals surface area contributed by atoms with Crippen LogP contribution in [0.4, 0.5) is 11.4 Å². The second-order valence-electron chi connectivity index (χ2n) is 6.31. The van der Waals surface area contributed by atoms with E-state index < -0.39 is 5.25 Å². The van der Waals surface area contributed by atoms with Crippen molar-refractivity contribution in [3.63, 3.8) is 0 Å². The summed E-state index contributed by atoms with van der Waals surface area (Å²) in [6.45, 7) is 0. The minimum atomic E-state index is -0.561. The fourth-order valence-corrected chi connectivity index (χ4v) is 3.89. The van der Waals surface area contributed by atoms with E-state index in [0.29, 0.717) is 17.2 Å². The van der Waals surface area contributed by atoms with Crippen LogP contribution in [-0.2, 0) is 14.4 Å². The summed E-state index contributed by atoms with van der Waals surface area (Å²) in [5, 5.41) is 6.28. The van der Waals surface area contributed by atoms with Gasteiger partial charge in [-0.1, -0.05) is 18.2 Å². The number of nitrogens with zero attached hydrogens (tertiary/aromatic N) is 4. The Hall–Kier alpha value is -3.46. The maximum absolute atomic E-state index is 12.6. The molecule has 9 heteroatoms. The zero-order valence-electron chi connectivity index (χ0n) is 15.3. The molecule has 146 valence electrons. The Morgan fingerprint density at radius 1 is 1.14 bits per heavy atom. The summed E-state index contributed by atoms with van der Waals surface area (Å²) < 4.78 is 1.61. The highest BCUT2D eigenvalue weighted by molar-refractivity contribution is 8.01. The molecule has 0 unspecified atom stereocenters. The molecule has 0 saturated carbocycles. The van der Waals surface area contributed by atoms with E-state index in [1.807, 2.05) is 6.07 Å². The van der Waals surface area contributed by atoms with Gasteiger partial charge >= 0.3 is 0 Å². The summed E-state index contributed by atoms with van der Waals surface area (Å²) >= 11 is 1.16. The van der Waals surface area contributed by atoms with Crippen molar-refractivity contribution in [2.24, 2.45) is 0 Å². The molecular weight excluding hydrogens is 390 g/mol. The molecule has 0 spiro atoms. The number of hydrogen-bond donors (Lipinski definition) is 1. The van der Waals surface area contributed by atoms with Crippen LogP contribution in [0.1, 0.15) is 6.42 Å². The van der Waals surface area contributed by atoms with Crippen LogP contribution in [0.2, 0.25) is 0 Å². The Balaban J connectivity index is 1.32. The quantitative estimate of drug-likeness (QED) is 0.630. The van der Waals surface area contributed by atoms with E-state index in [0.717, 1.165) is 11.8 Å². The summed E-state index contributed by atoms with van der Waals surface area (Å²) in [6.07, 6.45) is 5.06. The second-order valence-corrected chi connectivity index (χ2v) is 7.50. The molecule has 2 aromatic heterocycles. The van der Waals surface area contributed by atoms with Crippen molar-refractivity contribution in [3.05, 3.63) is 67.1 Å². The number of imide groups is 1. The Bertz CT molecular complexity index is 1020. The Morgan fingerprint density at radius 2 is 1.97 bits per heavy atom. The lowest BCUT2D eigenvalue weighted by molar-refractivity contribution is -0.121. The van der Waals surface area contributed by atoms with Gasteiger partial charge in [0.25, 0.3) is 0 Å². The number of carbonyl (C=O) groups excluding carboxylic acids is 3. The highest BCUT2D eigenvalue weighted by Gasteiger charge is 2.39. The van der Waals surface area contributed by atoms with E-state index in [4.69, 9.17) is 0 Å². The number of benzene rings is 1. The molecule has 3 heterocycles. The lowest BCUT2D eigenvalue weighted by Gasteiger charge is -2.14. The molecule has 1 fully saturated rings. The lowest BCUT2D eigenvalue weighted by atomic mass is 10.3. The van der Waals surface area contributed by atoms with Gasteiger partial charge in [-0.3, -0.25) is 14.4 Å². The van der Waals surface area contributed by atoms with Crippen LogP contribution in [0.15, 0.2) is 67.1 Å². The number of para-hydroxylation sites is 1. The van der Waals surface area contributed by atoms with Gasteiger partial charge in [0, 0.05) is 18.8 Å². The van der Waals surface area contributed by atoms with E-state index in [-0.39, 0.29) is 29.9 Å². The predicted molar refractivity (Wildman–Crippen MR) is 110 cm³/mol. The standard InChI is InChI=1S/C20H17N5O3S/c26-18(23-14-7-8-17(21-12-14)24-10-4-9-22-24)13-29-16-11-19(27)25(20(16)28)15-5-2-1-3-6-15/h1-10,12,16H,11,13H2,(H,23,26)/t16-/m1/s1. The molecule has 4 rings (SSSR count). The first-order chi connectivity index (χ1) is 14.1. The molecule has 1 saturated heterocycles. The number of aromatic nitrogens is 3. The van der Waals surface area contributed by atoms with Gasteiger partial charge in [0.15, 0.2) is 5.82 Å². The largest absolute Gasteiger partial charge is 0.324 e. The summed E-state index contributed by atoms with van der Waals surface area (Å²) in [4.78, 5) is 42.5. The third kappa shape index (κ3) is 4.19. The summed E-state index contributed by atoms with van der Waals surface area (Å²) in [7, 11) is 0. The van der Waals surface area contributed by atoms with Gasteiger partial charge in [0.2, 0.25) is 17.7 Å². The minimum absolute atomic E-state index is 0.0627. The van der Waals surface area contributed by atoms with Crippen LogP contribution in [0.5, 0.6) is 0 Å². The van der Waals surface area contributed by atoms with Crippen LogP contribution in [0.3, 0.4) is 0 Å². The van der Waals surface area contributed by atoms with Crippen LogP contribution in [-0.4, -0.2) is 43.5 Å². The van der Waals surface area contributed by atoms with Crippen molar-refractivity contribution in [2.75, 3.05) is 16.0 Å². The molecule has 1 atom stereocenters. The zero-order valence-corrected chi connectivity index (χ0v) is 16.1. The molecule has 0 radical (unpaired) electrons. The average Bonchev–Trinajstić information content (AvgIpc) is 3.36. The average molecular weight is 407 g/mol. The fourth-order valence-electron chi connectivity index (χ4n) is 2.96. The monoisotopic (exact) mass is 407 g/mol. The van der Waals surface area contributed by atoms with Gasteiger partial charge in [0.1, 0.15) is 0 Å². The van der Waals surface area contributed by atoms with Crippen molar-refractivity contribution in [1.82, 2.24) is 14.8 Å².